The normalized spacial score (nSPS) is 31.9. The average Bonchev–Trinajstić information content (AvgIpc) is 2.29. The molecule has 0 saturated carbocycles. The van der Waals surface area contributed by atoms with Crippen molar-refractivity contribution >= 4 is 22.6 Å². The van der Waals surface area contributed by atoms with Crippen molar-refractivity contribution in [3.63, 3.8) is 0 Å². The van der Waals surface area contributed by atoms with Crippen molar-refractivity contribution in [3.8, 4) is 0 Å². The first-order chi connectivity index (χ1) is 8.00. The summed E-state index contributed by atoms with van der Waals surface area (Å²) < 4.78 is 33.5. The Kier molecular flexibility index (Phi) is 5.82. The van der Waals surface area contributed by atoms with E-state index in [-0.39, 0.29) is 24.6 Å². The molecule has 2 heterocycles. The van der Waals surface area contributed by atoms with Gasteiger partial charge in [-0.05, 0) is 13.8 Å². The Morgan fingerprint density at radius 3 is 2.06 bits per heavy atom. The van der Waals surface area contributed by atoms with Crippen LogP contribution in [0, 0.1) is 0 Å². The molecule has 8 heteroatoms. The molecule has 2 aliphatic heterocycles. The quantitative estimate of drug-likeness (QED) is 0.758. The first kappa shape index (κ1) is 16.1. The van der Waals surface area contributed by atoms with Gasteiger partial charge in [-0.2, -0.15) is 17.0 Å². The minimum Gasteiger partial charge on any atom is -0.373 e. The fraction of sp³-hybridized carbons (Fsp3) is 1.00. The van der Waals surface area contributed by atoms with Gasteiger partial charge in [0.1, 0.15) is 0 Å². The van der Waals surface area contributed by atoms with E-state index in [0.717, 1.165) is 13.1 Å². The van der Waals surface area contributed by atoms with Crippen molar-refractivity contribution in [1.82, 2.24) is 13.9 Å². The predicted molar refractivity (Wildman–Crippen MR) is 72.2 cm³/mol. The minimum absolute atomic E-state index is 0. The van der Waals surface area contributed by atoms with E-state index in [1.807, 2.05) is 13.8 Å². The number of piperazine rings is 1. The Bertz CT molecular complexity index is 349. The molecule has 2 unspecified atom stereocenters. The lowest BCUT2D eigenvalue weighted by molar-refractivity contribution is -0.0455. The van der Waals surface area contributed by atoms with Gasteiger partial charge in [-0.1, -0.05) is 0 Å². The molecule has 0 bridgehead atoms. The molecule has 18 heavy (non-hydrogen) atoms. The summed E-state index contributed by atoms with van der Waals surface area (Å²) in [7, 11) is -3.30. The number of rotatable bonds is 2. The van der Waals surface area contributed by atoms with Crippen molar-refractivity contribution in [2.75, 3.05) is 39.3 Å². The first-order valence-corrected chi connectivity index (χ1v) is 7.51. The molecule has 0 aromatic rings. The molecular weight excluding hydrogens is 278 g/mol. The number of hydrogen-bond acceptors (Lipinski definition) is 4. The van der Waals surface area contributed by atoms with Crippen LogP contribution in [-0.4, -0.2) is 68.5 Å². The maximum Gasteiger partial charge on any atom is 0.282 e. The van der Waals surface area contributed by atoms with Gasteiger partial charge in [-0.15, -0.1) is 12.4 Å². The van der Waals surface area contributed by atoms with Crippen LogP contribution in [-0.2, 0) is 14.9 Å². The molecule has 2 fully saturated rings. The van der Waals surface area contributed by atoms with Gasteiger partial charge >= 0.3 is 0 Å². The number of halogens is 1. The highest BCUT2D eigenvalue weighted by Crippen LogP contribution is 2.17. The molecule has 2 aliphatic rings. The van der Waals surface area contributed by atoms with Crippen molar-refractivity contribution in [2.24, 2.45) is 0 Å². The topological polar surface area (TPSA) is 61.9 Å². The van der Waals surface area contributed by atoms with Gasteiger partial charge in [-0.3, -0.25) is 0 Å². The lowest BCUT2D eigenvalue weighted by atomic mass is 10.3. The molecule has 6 nitrogen and oxygen atoms in total. The number of ether oxygens (including phenoxy) is 1. The summed E-state index contributed by atoms with van der Waals surface area (Å²) in [4.78, 5) is 0. The summed E-state index contributed by atoms with van der Waals surface area (Å²) in [6.45, 7) is 7.31. The van der Waals surface area contributed by atoms with Crippen LogP contribution in [0.5, 0.6) is 0 Å². The maximum absolute atomic E-state index is 12.4. The van der Waals surface area contributed by atoms with E-state index in [2.05, 4.69) is 5.32 Å². The van der Waals surface area contributed by atoms with Crippen molar-refractivity contribution in [2.45, 2.75) is 26.1 Å². The number of nitrogens with zero attached hydrogens (tertiary/aromatic N) is 2. The molecule has 2 saturated heterocycles. The standard InChI is InChI=1S/C10H21N3O3S.ClH/c1-9-7-13(8-10(2)16-9)17(14,15)12-5-3-11-4-6-12;/h9-11H,3-8H2,1-2H3;1H. The Hall–Kier alpha value is 0.0800. The number of nitrogens with one attached hydrogen (secondary N) is 1. The Morgan fingerprint density at radius 1 is 1.06 bits per heavy atom. The Labute approximate surface area is 115 Å². The van der Waals surface area contributed by atoms with Gasteiger partial charge in [0.15, 0.2) is 0 Å². The highest BCUT2D eigenvalue weighted by molar-refractivity contribution is 7.86. The highest BCUT2D eigenvalue weighted by Gasteiger charge is 2.35. The van der Waals surface area contributed by atoms with E-state index < -0.39 is 10.2 Å². The van der Waals surface area contributed by atoms with E-state index >= 15 is 0 Å². The van der Waals surface area contributed by atoms with E-state index in [1.165, 1.54) is 0 Å². The lowest BCUT2D eigenvalue weighted by Crippen LogP contribution is -2.56. The number of hydrogen-bond donors (Lipinski definition) is 1. The molecule has 2 atom stereocenters. The lowest BCUT2D eigenvalue weighted by Gasteiger charge is -2.38. The summed E-state index contributed by atoms with van der Waals surface area (Å²) in [5.41, 5.74) is 0. The molecule has 0 spiro atoms. The van der Waals surface area contributed by atoms with Crippen molar-refractivity contribution in [1.29, 1.82) is 0 Å². The summed E-state index contributed by atoms with van der Waals surface area (Å²) in [5, 5.41) is 3.16. The van der Waals surface area contributed by atoms with Crippen LogP contribution in [0.1, 0.15) is 13.8 Å². The molecule has 108 valence electrons. The molecule has 2 rings (SSSR count). The van der Waals surface area contributed by atoms with Crippen LogP contribution < -0.4 is 5.32 Å². The molecule has 0 radical (unpaired) electrons. The van der Waals surface area contributed by atoms with Gasteiger partial charge in [0.2, 0.25) is 0 Å². The molecule has 0 amide bonds. The van der Waals surface area contributed by atoms with Gasteiger partial charge in [-0.25, -0.2) is 0 Å². The second-order valence-corrected chi connectivity index (χ2v) is 6.66. The molecular formula is C10H22ClN3O3S. The first-order valence-electron chi connectivity index (χ1n) is 6.11. The summed E-state index contributed by atoms with van der Waals surface area (Å²) in [5.74, 6) is 0. The monoisotopic (exact) mass is 299 g/mol. The van der Waals surface area contributed by atoms with Crippen LogP contribution in [0.2, 0.25) is 0 Å². The van der Waals surface area contributed by atoms with E-state index in [4.69, 9.17) is 4.74 Å². The second kappa shape index (κ2) is 6.49. The third-order valence-electron chi connectivity index (χ3n) is 3.11. The predicted octanol–water partition coefficient (Wildman–Crippen LogP) is -0.333. The molecule has 1 N–H and O–H groups in total. The van der Waals surface area contributed by atoms with Gasteiger partial charge in [0, 0.05) is 39.3 Å². The van der Waals surface area contributed by atoms with Crippen molar-refractivity contribution in [3.05, 3.63) is 0 Å². The largest absolute Gasteiger partial charge is 0.373 e. The third-order valence-corrected chi connectivity index (χ3v) is 5.08. The van der Waals surface area contributed by atoms with Crippen LogP contribution >= 0.6 is 12.4 Å². The SMILES string of the molecule is CC1CN(S(=O)(=O)N2CCNCC2)CC(C)O1.Cl. The van der Waals surface area contributed by atoms with Crippen molar-refractivity contribution < 1.29 is 13.2 Å². The highest BCUT2D eigenvalue weighted by atomic mass is 35.5. The Balaban J connectivity index is 0.00000162. The fourth-order valence-corrected chi connectivity index (χ4v) is 4.12. The zero-order chi connectivity index (χ0) is 12.5. The summed E-state index contributed by atoms with van der Waals surface area (Å²) in [6.07, 6.45) is -0.0621. The zero-order valence-corrected chi connectivity index (χ0v) is 12.5. The third kappa shape index (κ3) is 3.55. The van der Waals surface area contributed by atoms with Crippen LogP contribution in [0.4, 0.5) is 0 Å². The zero-order valence-electron chi connectivity index (χ0n) is 10.8. The van der Waals surface area contributed by atoms with E-state index in [1.54, 1.807) is 8.61 Å². The summed E-state index contributed by atoms with van der Waals surface area (Å²) in [6, 6.07) is 0. The fourth-order valence-electron chi connectivity index (χ4n) is 2.36. The summed E-state index contributed by atoms with van der Waals surface area (Å²) >= 11 is 0. The smallest absolute Gasteiger partial charge is 0.282 e. The second-order valence-electron chi connectivity index (χ2n) is 4.73. The maximum atomic E-state index is 12.4. The van der Waals surface area contributed by atoms with E-state index in [0.29, 0.717) is 26.2 Å². The van der Waals surface area contributed by atoms with Crippen LogP contribution in [0.15, 0.2) is 0 Å². The average molecular weight is 300 g/mol. The van der Waals surface area contributed by atoms with Crippen LogP contribution in [0.3, 0.4) is 0 Å². The number of morpholine rings is 1. The van der Waals surface area contributed by atoms with Gasteiger partial charge in [0.05, 0.1) is 12.2 Å². The van der Waals surface area contributed by atoms with E-state index in [9.17, 15) is 8.42 Å². The molecule has 0 aromatic carbocycles. The van der Waals surface area contributed by atoms with Crippen LogP contribution in [0.25, 0.3) is 0 Å². The molecule has 0 aliphatic carbocycles. The molecule has 0 aromatic heterocycles. The van der Waals surface area contributed by atoms with Gasteiger partial charge in [0.25, 0.3) is 10.2 Å². The Morgan fingerprint density at radius 2 is 1.56 bits per heavy atom. The minimum atomic E-state index is -3.30. The van der Waals surface area contributed by atoms with Gasteiger partial charge < -0.3 is 10.1 Å².